The quantitative estimate of drug-likeness (QED) is 0.894. The molecule has 1 heterocycles. The minimum Gasteiger partial charge on any atom is -0.497 e. The van der Waals surface area contributed by atoms with E-state index in [-0.39, 0.29) is 5.54 Å². The maximum absolute atomic E-state index is 5.23. The molecule has 1 fully saturated rings. The standard InChI is InChI=1S/C17H28N2O/c1-5-6-15-12-19(17(2,3)13-18-15)11-14-7-9-16(20-4)10-8-14/h7-10,15,18H,5-6,11-13H2,1-4H3. The molecule has 0 aromatic heterocycles. The molecule has 1 aromatic rings. The molecule has 2 rings (SSSR count). The number of rotatable bonds is 5. The molecular formula is C17H28N2O. The van der Waals surface area contributed by atoms with Crippen LogP contribution < -0.4 is 10.1 Å². The number of hydrogen-bond acceptors (Lipinski definition) is 3. The Balaban J connectivity index is 2.03. The van der Waals surface area contributed by atoms with E-state index < -0.39 is 0 Å². The van der Waals surface area contributed by atoms with Crippen LogP contribution in [0.2, 0.25) is 0 Å². The third-order valence-corrected chi connectivity index (χ3v) is 4.29. The first-order valence-corrected chi connectivity index (χ1v) is 7.66. The van der Waals surface area contributed by atoms with Crippen LogP contribution in [0.3, 0.4) is 0 Å². The molecule has 1 atom stereocenters. The fourth-order valence-electron chi connectivity index (χ4n) is 2.86. The van der Waals surface area contributed by atoms with E-state index in [9.17, 15) is 0 Å². The summed E-state index contributed by atoms with van der Waals surface area (Å²) < 4.78 is 5.23. The third-order valence-electron chi connectivity index (χ3n) is 4.29. The van der Waals surface area contributed by atoms with Gasteiger partial charge in [-0.25, -0.2) is 0 Å². The van der Waals surface area contributed by atoms with Gasteiger partial charge >= 0.3 is 0 Å². The molecule has 1 aliphatic rings. The molecule has 0 amide bonds. The van der Waals surface area contributed by atoms with E-state index in [0.717, 1.165) is 25.4 Å². The molecule has 0 bridgehead atoms. The van der Waals surface area contributed by atoms with E-state index >= 15 is 0 Å². The fourth-order valence-corrected chi connectivity index (χ4v) is 2.86. The van der Waals surface area contributed by atoms with Crippen molar-refractivity contribution in [1.29, 1.82) is 0 Å². The Labute approximate surface area is 123 Å². The highest BCUT2D eigenvalue weighted by molar-refractivity contribution is 5.27. The fraction of sp³-hybridized carbons (Fsp3) is 0.647. The molecule has 1 unspecified atom stereocenters. The first-order chi connectivity index (χ1) is 9.55. The normalized spacial score (nSPS) is 22.7. The molecule has 112 valence electrons. The lowest BCUT2D eigenvalue weighted by molar-refractivity contribution is 0.0564. The SMILES string of the molecule is CCCC1CN(Cc2ccc(OC)cc2)C(C)(C)CN1. The third kappa shape index (κ3) is 3.74. The van der Waals surface area contributed by atoms with Gasteiger partial charge in [0.1, 0.15) is 5.75 Å². The van der Waals surface area contributed by atoms with Crippen LogP contribution >= 0.6 is 0 Å². The minimum absolute atomic E-state index is 0.212. The molecule has 0 radical (unpaired) electrons. The van der Waals surface area contributed by atoms with Crippen LogP contribution in [-0.4, -0.2) is 36.7 Å². The van der Waals surface area contributed by atoms with Crippen LogP contribution in [-0.2, 0) is 6.54 Å². The number of hydrogen-bond donors (Lipinski definition) is 1. The monoisotopic (exact) mass is 276 g/mol. The molecule has 3 nitrogen and oxygen atoms in total. The summed E-state index contributed by atoms with van der Waals surface area (Å²) in [4.78, 5) is 2.60. The van der Waals surface area contributed by atoms with Gasteiger partial charge in [-0.2, -0.15) is 0 Å². The highest BCUT2D eigenvalue weighted by Crippen LogP contribution is 2.23. The van der Waals surface area contributed by atoms with Gasteiger partial charge in [0.15, 0.2) is 0 Å². The Morgan fingerprint density at radius 1 is 1.30 bits per heavy atom. The first kappa shape index (κ1) is 15.3. The van der Waals surface area contributed by atoms with Crippen LogP contribution in [0, 0.1) is 0 Å². The number of ether oxygens (including phenoxy) is 1. The van der Waals surface area contributed by atoms with Crippen molar-refractivity contribution >= 4 is 0 Å². The zero-order chi connectivity index (χ0) is 14.6. The van der Waals surface area contributed by atoms with E-state index in [1.807, 2.05) is 12.1 Å². The van der Waals surface area contributed by atoms with Crippen molar-refractivity contribution in [3.63, 3.8) is 0 Å². The number of methoxy groups -OCH3 is 1. The van der Waals surface area contributed by atoms with Gasteiger partial charge in [-0.05, 0) is 38.0 Å². The van der Waals surface area contributed by atoms with Crippen molar-refractivity contribution in [2.75, 3.05) is 20.2 Å². The second-order valence-corrected chi connectivity index (χ2v) is 6.41. The highest BCUT2D eigenvalue weighted by atomic mass is 16.5. The zero-order valence-electron chi connectivity index (χ0n) is 13.3. The predicted molar refractivity (Wildman–Crippen MR) is 84.2 cm³/mol. The number of benzene rings is 1. The molecule has 20 heavy (non-hydrogen) atoms. The van der Waals surface area contributed by atoms with Gasteiger partial charge in [0.05, 0.1) is 7.11 Å². The first-order valence-electron chi connectivity index (χ1n) is 7.66. The predicted octanol–water partition coefficient (Wildman–Crippen LogP) is 3.05. The van der Waals surface area contributed by atoms with Crippen LogP contribution in [0.5, 0.6) is 5.75 Å². The largest absolute Gasteiger partial charge is 0.497 e. The Morgan fingerprint density at radius 3 is 2.60 bits per heavy atom. The summed E-state index contributed by atoms with van der Waals surface area (Å²) >= 11 is 0. The summed E-state index contributed by atoms with van der Waals surface area (Å²) in [5, 5.41) is 3.68. The molecule has 1 saturated heterocycles. The van der Waals surface area contributed by atoms with Gasteiger partial charge in [0.25, 0.3) is 0 Å². The lowest BCUT2D eigenvalue weighted by Crippen LogP contribution is -2.61. The van der Waals surface area contributed by atoms with E-state index in [4.69, 9.17) is 4.74 Å². The van der Waals surface area contributed by atoms with Crippen molar-refractivity contribution in [1.82, 2.24) is 10.2 Å². The minimum atomic E-state index is 0.212. The van der Waals surface area contributed by atoms with Crippen LogP contribution in [0.4, 0.5) is 0 Å². The van der Waals surface area contributed by atoms with Crippen molar-refractivity contribution in [2.45, 2.75) is 51.7 Å². The topological polar surface area (TPSA) is 24.5 Å². The number of nitrogens with one attached hydrogen (secondary N) is 1. The maximum Gasteiger partial charge on any atom is 0.118 e. The Bertz CT molecular complexity index is 414. The second-order valence-electron chi connectivity index (χ2n) is 6.41. The molecule has 0 saturated carbocycles. The van der Waals surface area contributed by atoms with Gasteiger partial charge in [-0.3, -0.25) is 4.90 Å². The van der Waals surface area contributed by atoms with E-state index in [1.54, 1.807) is 7.11 Å². The van der Waals surface area contributed by atoms with Crippen LogP contribution in [0.25, 0.3) is 0 Å². The average Bonchev–Trinajstić information content (AvgIpc) is 2.44. The summed E-state index contributed by atoms with van der Waals surface area (Å²) in [6.45, 7) is 10.1. The van der Waals surface area contributed by atoms with Crippen molar-refractivity contribution in [3.05, 3.63) is 29.8 Å². The summed E-state index contributed by atoms with van der Waals surface area (Å²) in [7, 11) is 1.71. The summed E-state index contributed by atoms with van der Waals surface area (Å²) in [6.07, 6.45) is 2.50. The summed E-state index contributed by atoms with van der Waals surface area (Å²) in [5.41, 5.74) is 1.57. The lowest BCUT2D eigenvalue weighted by atomic mass is 9.95. The molecule has 1 aliphatic heterocycles. The smallest absolute Gasteiger partial charge is 0.118 e. The Kier molecular flexibility index (Phi) is 5.06. The number of nitrogens with zero attached hydrogens (tertiary/aromatic N) is 1. The Morgan fingerprint density at radius 2 is 2.00 bits per heavy atom. The van der Waals surface area contributed by atoms with Gasteiger partial charge in [-0.15, -0.1) is 0 Å². The van der Waals surface area contributed by atoms with Crippen molar-refractivity contribution in [2.24, 2.45) is 0 Å². The van der Waals surface area contributed by atoms with Gasteiger partial charge in [0.2, 0.25) is 0 Å². The van der Waals surface area contributed by atoms with Gasteiger partial charge in [-0.1, -0.05) is 25.5 Å². The van der Waals surface area contributed by atoms with Crippen LogP contribution in [0.1, 0.15) is 39.2 Å². The second kappa shape index (κ2) is 6.59. The average molecular weight is 276 g/mol. The van der Waals surface area contributed by atoms with Gasteiger partial charge in [0, 0.05) is 31.2 Å². The van der Waals surface area contributed by atoms with Crippen molar-refractivity contribution in [3.8, 4) is 5.75 Å². The molecule has 3 heteroatoms. The van der Waals surface area contributed by atoms with E-state index in [2.05, 4.69) is 43.1 Å². The lowest BCUT2D eigenvalue weighted by Gasteiger charge is -2.46. The van der Waals surface area contributed by atoms with Crippen LogP contribution in [0.15, 0.2) is 24.3 Å². The molecule has 1 aromatic carbocycles. The van der Waals surface area contributed by atoms with Gasteiger partial charge < -0.3 is 10.1 Å². The molecule has 1 N–H and O–H groups in total. The zero-order valence-corrected chi connectivity index (χ0v) is 13.3. The Hall–Kier alpha value is -1.06. The molecule has 0 aliphatic carbocycles. The summed E-state index contributed by atoms with van der Waals surface area (Å²) in [6, 6.07) is 9.07. The summed E-state index contributed by atoms with van der Waals surface area (Å²) in [5.74, 6) is 0.928. The van der Waals surface area contributed by atoms with Crippen molar-refractivity contribution < 1.29 is 4.74 Å². The van der Waals surface area contributed by atoms with E-state index in [0.29, 0.717) is 6.04 Å². The number of piperazine rings is 1. The molecular weight excluding hydrogens is 248 g/mol. The maximum atomic E-state index is 5.23. The van der Waals surface area contributed by atoms with E-state index in [1.165, 1.54) is 18.4 Å². The molecule has 0 spiro atoms. The highest BCUT2D eigenvalue weighted by Gasteiger charge is 2.33.